The zero-order chi connectivity index (χ0) is 15.5. The molecule has 1 heterocycles. The molecule has 0 bridgehead atoms. The van der Waals surface area contributed by atoms with E-state index in [9.17, 15) is 9.90 Å². The summed E-state index contributed by atoms with van der Waals surface area (Å²) in [5.41, 5.74) is 5.38. The molecule has 1 aromatic heterocycles. The maximum atomic E-state index is 12.0. The van der Waals surface area contributed by atoms with E-state index in [0.29, 0.717) is 5.56 Å². The van der Waals surface area contributed by atoms with Crippen molar-refractivity contribution in [2.45, 2.75) is 6.92 Å². The number of phenolic OH excluding ortho intramolecular Hbond substituents is 1. The number of fused-ring (bicyclic) bond motifs is 1. The number of hydrogen-bond acceptors (Lipinski definition) is 4. The van der Waals surface area contributed by atoms with Gasteiger partial charge in [0.1, 0.15) is 11.6 Å². The van der Waals surface area contributed by atoms with Crippen molar-refractivity contribution in [1.29, 1.82) is 0 Å². The van der Waals surface area contributed by atoms with Crippen LogP contribution >= 0.6 is 0 Å². The smallest absolute Gasteiger partial charge is 0.271 e. The number of aromatic hydroxyl groups is 1. The second-order valence-electron chi connectivity index (χ2n) is 4.84. The second kappa shape index (κ2) is 5.69. The zero-order valence-electron chi connectivity index (χ0n) is 11.9. The lowest BCUT2D eigenvalue weighted by molar-refractivity contribution is 0.0955. The Balaban J connectivity index is 1.71. The summed E-state index contributed by atoms with van der Waals surface area (Å²) < 4.78 is 0. The number of hydrazone groups is 1. The van der Waals surface area contributed by atoms with Gasteiger partial charge in [0.15, 0.2) is 0 Å². The van der Waals surface area contributed by atoms with E-state index in [1.165, 1.54) is 6.21 Å². The fraction of sp³-hybridized carbons (Fsp3) is 0.0625. The molecule has 110 valence electrons. The molecular formula is C16H14N4O2. The van der Waals surface area contributed by atoms with Crippen molar-refractivity contribution in [2.24, 2.45) is 5.10 Å². The summed E-state index contributed by atoms with van der Waals surface area (Å²) in [7, 11) is 0. The van der Waals surface area contributed by atoms with Crippen molar-refractivity contribution in [2.75, 3.05) is 0 Å². The highest BCUT2D eigenvalue weighted by molar-refractivity contribution is 5.97. The first-order valence-corrected chi connectivity index (χ1v) is 6.70. The molecule has 3 N–H and O–H groups in total. The van der Waals surface area contributed by atoms with Crippen molar-refractivity contribution in [3.8, 4) is 5.75 Å². The Kier molecular flexibility index (Phi) is 3.57. The highest BCUT2D eigenvalue weighted by Gasteiger charge is 2.07. The summed E-state index contributed by atoms with van der Waals surface area (Å²) in [5.74, 6) is 0.687. The van der Waals surface area contributed by atoms with E-state index in [4.69, 9.17) is 0 Å². The van der Waals surface area contributed by atoms with E-state index in [1.807, 2.05) is 6.92 Å². The van der Waals surface area contributed by atoms with Gasteiger partial charge in [0.2, 0.25) is 0 Å². The van der Waals surface area contributed by atoms with Gasteiger partial charge in [-0.2, -0.15) is 5.10 Å². The molecular weight excluding hydrogens is 280 g/mol. The first-order valence-electron chi connectivity index (χ1n) is 6.70. The summed E-state index contributed by atoms with van der Waals surface area (Å²) >= 11 is 0. The normalized spacial score (nSPS) is 11.1. The number of phenols is 1. The van der Waals surface area contributed by atoms with Crippen LogP contribution in [0.4, 0.5) is 0 Å². The predicted octanol–water partition coefficient (Wildman–Crippen LogP) is 2.34. The molecule has 22 heavy (non-hydrogen) atoms. The van der Waals surface area contributed by atoms with Gasteiger partial charge in [-0.25, -0.2) is 10.4 Å². The number of aromatic amines is 1. The molecule has 6 heteroatoms. The van der Waals surface area contributed by atoms with Gasteiger partial charge in [-0.05, 0) is 55.0 Å². The number of nitrogens with zero attached hydrogens (tertiary/aromatic N) is 2. The summed E-state index contributed by atoms with van der Waals surface area (Å²) in [6.07, 6.45) is 1.51. The zero-order valence-corrected chi connectivity index (χ0v) is 11.9. The van der Waals surface area contributed by atoms with Crippen molar-refractivity contribution < 1.29 is 9.90 Å². The number of aromatic nitrogens is 2. The number of hydrogen-bond donors (Lipinski definition) is 3. The number of H-pyrrole nitrogens is 1. The van der Waals surface area contributed by atoms with E-state index in [1.54, 1.807) is 42.5 Å². The van der Waals surface area contributed by atoms with Crippen LogP contribution in [0, 0.1) is 6.92 Å². The Labute approximate surface area is 126 Å². The van der Waals surface area contributed by atoms with Gasteiger partial charge in [-0.15, -0.1) is 0 Å². The molecule has 0 radical (unpaired) electrons. The fourth-order valence-electron chi connectivity index (χ4n) is 2.07. The van der Waals surface area contributed by atoms with Gasteiger partial charge in [0.05, 0.1) is 17.2 Å². The van der Waals surface area contributed by atoms with Crippen molar-refractivity contribution in [3.05, 3.63) is 59.4 Å². The standard InChI is InChI=1S/C16H14N4O2/c1-10-18-14-7-4-12(8-15(14)19-10)16(22)20-17-9-11-2-5-13(21)6-3-11/h2-9,21H,1H3,(H,18,19)(H,20,22)/b17-9+. The number of imidazole rings is 1. The summed E-state index contributed by atoms with van der Waals surface area (Å²) in [6.45, 7) is 1.86. The lowest BCUT2D eigenvalue weighted by Gasteiger charge is -2.00. The molecule has 0 atom stereocenters. The van der Waals surface area contributed by atoms with E-state index in [-0.39, 0.29) is 11.7 Å². The topological polar surface area (TPSA) is 90.4 Å². The SMILES string of the molecule is Cc1nc2ccc(C(=O)N/N=C/c3ccc(O)cc3)cc2[nH]1. The molecule has 0 fully saturated rings. The average Bonchev–Trinajstić information content (AvgIpc) is 2.88. The third kappa shape index (κ3) is 2.95. The van der Waals surface area contributed by atoms with E-state index in [0.717, 1.165) is 22.4 Å². The van der Waals surface area contributed by atoms with Gasteiger partial charge < -0.3 is 10.1 Å². The van der Waals surface area contributed by atoms with E-state index in [2.05, 4.69) is 20.5 Å². The quantitative estimate of drug-likeness (QED) is 0.511. The lowest BCUT2D eigenvalue weighted by Crippen LogP contribution is -2.17. The molecule has 1 amide bonds. The summed E-state index contributed by atoms with van der Waals surface area (Å²) in [5, 5.41) is 13.1. The molecule has 0 saturated heterocycles. The maximum Gasteiger partial charge on any atom is 0.271 e. The van der Waals surface area contributed by atoms with Crippen LogP contribution in [0.5, 0.6) is 5.75 Å². The van der Waals surface area contributed by atoms with E-state index < -0.39 is 0 Å². The largest absolute Gasteiger partial charge is 0.508 e. The Morgan fingerprint density at radius 1 is 1.27 bits per heavy atom. The third-order valence-corrected chi connectivity index (χ3v) is 3.14. The number of carbonyl (C=O) groups is 1. The Bertz CT molecular complexity index is 850. The second-order valence-corrected chi connectivity index (χ2v) is 4.84. The number of amides is 1. The molecule has 0 spiro atoms. The molecule has 0 saturated carbocycles. The third-order valence-electron chi connectivity index (χ3n) is 3.14. The molecule has 0 aliphatic heterocycles. The van der Waals surface area contributed by atoms with Crippen LogP contribution in [0.3, 0.4) is 0 Å². The van der Waals surface area contributed by atoms with Crippen molar-refractivity contribution in [3.63, 3.8) is 0 Å². The average molecular weight is 294 g/mol. The summed E-state index contributed by atoms with van der Waals surface area (Å²) in [4.78, 5) is 19.4. The van der Waals surface area contributed by atoms with Crippen LogP contribution in [0.1, 0.15) is 21.7 Å². The van der Waals surface area contributed by atoms with Crippen LogP contribution in [-0.4, -0.2) is 27.2 Å². The number of aryl methyl sites for hydroxylation is 1. The lowest BCUT2D eigenvalue weighted by atomic mass is 10.2. The number of rotatable bonds is 3. The van der Waals surface area contributed by atoms with Gasteiger partial charge >= 0.3 is 0 Å². The first kappa shape index (κ1) is 13.8. The minimum absolute atomic E-state index is 0.185. The first-order chi connectivity index (χ1) is 10.6. The van der Waals surface area contributed by atoms with Crippen molar-refractivity contribution in [1.82, 2.24) is 15.4 Å². The predicted molar refractivity (Wildman–Crippen MR) is 84.0 cm³/mol. The molecule has 3 rings (SSSR count). The highest BCUT2D eigenvalue weighted by atomic mass is 16.3. The molecule has 0 aliphatic carbocycles. The van der Waals surface area contributed by atoms with Crippen LogP contribution in [0.15, 0.2) is 47.6 Å². The Morgan fingerprint density at radius 3 is 2.82 bits per heavy atom. The van der Waals surface area contributed by atoms with Gasteiger partial charge in [-0.3, -0.25) is 4.79 Å². The van der Waals surface area contributed by atoms with Crippen LogP contribution in [-0.2, 0) is 0 Å². The maximum absolute atomic E-state index is 12.0. The molecule has 3 aromatic rings. The molecule has 6 nitrogen and oxygen atoms in total. The van der Waals surface area contributed by atoms with Crippen LogP contribution in [0.2, 0.25) is 0 Å². The van der Waals surface area contributed by atoms with Gasteiger partial charge in [0, 0.05) is 5.56 Å². The monoisotopic (exact) mass is 294 g/mol. The number of carbonyl (C=O) groups excluding carboxylic acids is 1. The highest BCUT2D eigenvalue weighted by Crippen LogP contribution is 2.13. The number of nitrogens with one attached hydrogen (secondary N) is 2. The fourth-order valence-corrected chi connectivity index (χ4v) is 2.07. The van der Waals surface area contributed by atoms with Gasteiger partial charge in [0.25, 0.3) is 5.91 Å². The number of benzene rings is 2. The molecule has 0 unspecified atom stereocenters. The molecule has 2 aromatic carbocycles. The minimum atomic E-state index is -0.302. The van der Waals surface area contributed by atoms with Gasteiger partial charge in [-0.1, -0.05) is 0 Å². The van der Waals surface area contributed by atoms with E-state index >= 15 is 0 Å². The van der Waals surface area contributed by atoms with Crippen LogP contribution in [0.25, 0.3) is 11.0 Å². The Morgan fingerprint density at radius 2 is 2.05 bits per heavy atom. The Hall–Kier alpha value is -3.15. The van der Waals surface area contributed by atoms with Crippen LogP contribution < -0.4 is 5.43 Å². The minimum Gasteiger partial charge on any atom is -0.508 e. The van der Waals surface area contributed by atoms with Crippen molar-refractivity contribution >= 4 is 23.2 Å². The molecule has 0 aliphatic rings. The summed E-state index contributed by atoms with van der Waals surface area (Å²) in [6, 6.07) is 11.7.